The molecule has 0 radical (unpaired) electrons. The molecule has 3 aromatic rings. The van der Waals surface area contributed by atoms with Gasteiger partial charge in [-0.25, -0.2) is 8.42 Å². The van der Waals surface area contributed by atoms with E-state index in [1.807, 2.05) is 13.0 Å². The highest BCUT2D eigenvalue weighted by Gasteiger charge is 2.31. The summed E-state index contributed by atoms with van der Waals surface area (Å²) in [5.74, 6) is 0.277. The monoisotopic (exact) mass is 456 g/mol. The van der Waals surface area contributed by atoms with Crippen molar-refractivity contribution in [3.63, 3.8) is 0 Å². The number of sulfonamides is 1. The third-order valence-corrected chi connectivity index (χ3v) is 7.48. The molecule has 0 saturated carbocycles. The molecule has 2 heterocycles. The Morgan fingerprint density at radius 3 is 2.59 bits per heavy atom. The van der Waals surface area contributed by atoms with Crippen LogP contribution in [0.4, 0.5) is 6.01 Å². The number of nitrogens with one attached hydrogen (secondary N) is 1. The quantitative estimate of drug-likeness (QED) is 0.603. The number of carbonyl (C=O) groups excluding carboxylic acids is 1. The first-order chi connectivity index (χ1) is 15.4. The first kappa shape index (κ1) is 22.0. The fraction of sp³-hybridized carbons (Fsp3) is 0.318. The number of carbonyl (C=O) groups is 1. The maximum Gasteiger partial charge on any atom is 0.322 e. The summed E-state index contributed by atoms with van der Waals surface area (Å²) in [5, 5.41) is 10.3. The number of aromatic nitrogens is 2. The first-order valence-electron chi connectivity index (χ1n) is 10.3. The molecule has 1 aliphatic heterocycles. The molecule has 0 bridgehead atoms. The van der Waals surface area contributed by atoms with Gasteiger partial charge in [-0.15, -0.1) is 5.10 Å². The molecule has 0 aliphatic carbocycles. The lowest BCUT2D eigenvalue weighted by Crippen LogP contribution is -2.41. The Labute approximate surface area is 186 Å². The maximum absolute atomic E-state index is 12.9. The van der Waals surface area contributed by atoms with E-state index in [-0.39, 0.29) is 28.4 Å². The molecule has 1 fully saturated rings. The number of piperidine rings is 1. The number of nitrogens with zero attached hydrogens (tertiary/aromatic N) is 3. The van der Waals surface area contributed by atoms with Gasteiger partial charge in [0.25, 0.3) is 11.8 Å². The topological polar surface area (TPSA) is 115 Å². The van der Waals surface area contributed by atoms with E-state index in [0.29, 0.717) is 17.9 Å². The Bertz CT molecular complexity index is 1210. The van der Waals surface area contributed by atoms with Gasteiger partial charge in [-0.1, -0.05) is 23.7 Å². The molecule has 0 spiro atoms. The van der Waals surface area contributed by atoms with Gasteiger partial charge in [0.05, 0.1) is 17.6 Å². The van der Waals surface area contributed by atoms with E-state index in [0.717, 1.165) is 19.3 Å². The lowest BCUT2D eigenvalue weighted by atomic mass is 10.1. The van der Waals surface area contributed by atoms with Crippen LogP contribution < -0.4 is 10.1 Å². The molecule has 1 N–H and O–H groups in total. The van der Waals surface area contributed by atoms with E-state index in [9.17, 15) is 13.2 Å². The molecule has 1 aromatic heterocycles. The number of benzene rings is 2. The van der Waals surface area contributed by atoms with E-state index < -0.39 is 15.9 Å². The highest BCUT2D eigenvalue weighted by atomic mass is 32.2. The van der Waals surface area contributed by atoms with E-state index in [1.165, 1.54) is 35.7 Å². The van der Waals surface area contributed by atoms with Crippen molar-refractivity contribution in [2.75, 3.05) is 19.0 Å². The molecular formula is C22H24N4O5S. The molecule has 1 atom stereocenters. The number of amides is 1. The van der Waals surface area contributed by atoms with Gasteiger partial charge in [0.1, 0.15) is 5.75 Å². The summed E-state index contributed by atoms with van der Waals surface area (Å²) in [6, 6.07) is 12.9. The average molecular weight is 457 g/mol. The zero-order chi connectivity index (χ0) is 22.7. The molecule has 2 aromatic carbocycles. The molecule has 1 unspecified atom stereocenters. The van der Waals surface area contributed by atoms with Crippen molar-refractivity contribution < 1.29 is 22.4 Å². The molecule has 168 valence electrons. The highest BCUT2D eigenvalue weighted by Crippen LogP contribution is 2.29. The molecule has 9 nitrogen and oxygen atoms in total. The lowest BCUT2D eigenvalue weighted by Gasteiger charge is -2.32. The molecule has 1 amide bonds. The number of anilines is 1. The summed E-state index contributed by atoms with van der Waals surface area (Å²) in [4.78, 5) is 12.7. The van der Waals surface area contributed by atoms with Gasteiger partial charge in [0.15, 0.2) is 0 Å². The minimum absolute atomic E-state index is 0.0355. The number of hydrogen-bond donors (Lipinski definition) is 1. The third-order valence-electron chi connectivity index (χ3n) is 5.45. The molecule has 1 saturated heterocycles. The van der Waals surface area contributed by atoms with Crippen LogP contribution in [0.25, 0.3) is 11.5 Å². The minimum atomic E-state index is -3.60. The van der Waals surface area contributed by atoms with Gasteiger partial charge >= 0.3 is 6.01 Å². The Morgan fingerprint density at radius 1 is 1.12 bits per heavy atom. The predicted molar refractivity (Wildman–Crippen MR) is 118 cm³/mol. The predicted octanol–water partition coefficient (Wildman–Crippen LogP) is 3.56. The molecule has 32 heavy (non-hydrogen) atoms. The van der Waals surface area contributed by atoms with E-state index >= 15 is 0 Å². The molecular weight excluding hydrogens is 432 g/mol. The number of rotatable bonds is 6. The summed E-state index contributed by atoms with van der Waals surface area (Å²) in [6.07, 6.45) is 2.73. The first-order valence-corrected chi connectivity index (χ1v) is 11.7. The zero-order valence-electron chi connectivity index (χ0n) is 17.8. The second kappa shape index (κ2) is 9.09. The van der Waals surface area contributed by atoms with Crippen molar-refractivity contribution in [1.82, 2.24) is 14.5 Å². The van der Waals surface area contributed by atoms with Gasteiger partial charge < -0.3 is 9.15 Å². The smallest absolute Gasteiger partial charge is 0.322 e. The van der Waals surface area contributed by atoms with E-state index in [4.69, 9.17) is 9.15 Å². The summed E-state index contributed by atoms with van der Waals surface area (Å²) in [7, 11) is -2.06. The van der Waals surface area contributed by atoms with Crippen LogP contribution in [-0.4, -0.2) is 48.5 Å². The number of methoxy groups -OCH3 is 1. The minimum Gasteiger partial charge on any atom is -0.496 e. The SMILES string of the molecule is COc1ccccc1-c1nnc(NC(=O)c2ccc(S(=O)(=O)N3CCCCC3C)cc2)o1. The van der Waals surface area contributed by atoms with Crippen molar-refractivity contribution in [3.8, 4) is 17.2 Å². The van der Waals surface area contributed by atoms with Crippen LogP contribution >= 0.6 is 0 Å². The molecule has 1 aliphatic rings. The number of para-hydroxylation sites is 1. The standard InChI is InChI=1S/C22H24N4O5S/c1-15-7-5-6-14-26(15)32(28,29)17-12-10-16(11-13-17)20(27)23-22-25-24-21(31-22)18-8-3-4-9-19(18)30-2/h3-4,8-13,15H,5-7,14H2,1-2H3,(H,23,25,27). The van der Waals surface area contributed by atoms with Crippen molar-refractivity contribution in [1.29, 1.82) is 0 Å². The van der Waals surface area contributed by atoms with Gasteiger partial charge in [-0.2, -0.15) is 4.31 Å². The number of ether oxygens (including phenoxy) is 1. The van der Waals surface area contributed by atoms with Gasteiger partial charge in [0, 0.05) is 18.2 Å². The number of hydrogen-bond acceptors (Lipinski definition) is 7. The van der Waals surface area contributed by atoms with Crippen LogP contribution in [0.5, 0.6) is 5.75 Å². The lowest BCUT2D eigenvalue weighted by molar-refractivity contribution is 0.102. The highest BCUT2D eigenvalue weighted by molar-refractivity contribution is 7.89. The van der Waals surface area contributed by atoms with Crippen LogP contribution in [0, 0.1) is 0 Å². The fourth-order valence-electron chi connectivity index (χ4n) is 3.72. The normalized spacial score (nSPS) is 17.1. The van der Waals surface area contributed by atoms with Gasteiger partial charge in [-0.3, -0.25) is 10.1 Å². The summed E-state index contributed by atoms with van der Waals surface area (Å²) in [6.45, 7) is 2.43. The van der Waals surface area contributed by atoms with Crippen LogP contribution in [0.2, 0.25) is 0 Å². The second-order valence-corrected chi connectivity index (χ2v) is 9.44. The van der Waals surface area contributed by atoms with Gasteiger partial charge in [0.2, 0.25) is 10.0 Å². The van der Waals surface area contributed by atoms with Crippen LogP contribution in [0.1, 0.15) is 36.5 Å². The third kappa shape index (κ3) is 4.37. The average Bonchev–Trinajstić information content (AvgIpc) is 3.27. The van der Waals surface area contributed by atoms with Crippen LogP contribution in [0.15, 0.2) is 57.8 Å². The Kier molecular flexibility index (Phi) is 6.24. The zero-order valence-corrected chi connectivity index (χ0v) is 18.6. The Morgan fingerprint density at radius 2 is 1.88 bits per heavy atom. The Balaban J connectivity index is 1.47. The molecule has 10 heteroatoms. The largest absolute Gasteiger partial charge is 0.496 e. The van der Waals surface area contributed by atoms with E-state index in [2.05, 4.69) is 15.5 Å². The van der Waals surface area contributed by atoms with Crippen molar-refractivity contribution in [3.05, 3.63) is 54.1 Å². The van der Waals surface area contributed by atoms with Gasteiger partial charge in [-0.05, 0) is 56.2 Å². The second-order valence-electron chi connectivity index (χ2n) is 7.55. The fourth-order valence-corrected chi connectivity index (χ4v) is 5.42. The maximum atomic E-state index is 12.9. The van der Waals surface area contributed by atoms with Crippen molar-refractivity contribution in [2.24, 2.45) is 0 Å². The summed E-state index contributed by atoms with van der Waals surface area (Å²) < 4.78 is 38.2. The van der Waals surface area contributed by atoms with Crippen LogP contribution in [-0.2, 0) is 10.0 Å². The summed E-state index contributed by atoms with van der Waals surface area (Å²) >= 11 is 0. The Hall–Kier alpha value is -3.24. The molecule has 4 rings (SSSR count). The summed E-state index contributed by atoms with van der Waals surface area (Å²) in [5.41, 5.74) is 0.872. The van der Waals surface area contributed by atoms with Crippen LogP contribution in [0.3, 0.4) is 0 Å². The van der Waals surface area contributed by atoms with Crippen molar-refractivity contribution >= 4 is 21.9 Å². The van der Waals surface area contributed by atoms with Crippen molar-refractivity contribution in [2.45, 2.75) is 37.1 Å². The van der Waals surface area contributed by atoms with E-state index in [1.54, 1.807) is 18.2 Å².